The molecule has 0 radical (unpaired) electrons. The molecule has 0 bridgehead atoms. The SMILES string of the molecule is CCC(C)OC(=O)c1cccc(-c2ccccc2)c1Oc1c(F)c(F)c(C#N)c(C#N)c1F. The van der Waals surface area contributed by atoms with Gasteiger partial charge in [0.2, 0.25) is 11.6 Å². The van der Waals surface area contributed by atoms with E-state index in [1.54, 1.807) is 43.3 Å². The van der Waals surface area contributed by atoms with Crippen LogP contribution in [-0.2, 0) is 4.74 Å². The van der Waals surface area contributed by atoms with Crippen LogP contribution in [0.5, 0.6) is 11.5 Å². The summed E-state index contributed by atoms with van der Waals surface area (Å²) in [7, 11) is 0. The van der Waals surface area contributed by atoms with Crippen LogP contribution in [0, 0.1) is 40.1 Å². The van der Waals surface area contributed by atoms with E-state index in [0.29, 0.717) is 12.0 Å². The molecule has 3 rings (SSSR count). The van der Waals surface area contributed by atoms with Crippen LogP contribution in [0.3, 0.4) is 0 Å². The quantitative estimate of drug-likeness (QED) is 0.327. The number of rotatable bonds is 6. The lowest BCUT2D eigenvalue weighted by Crippen LogP contribution is -2.15. The van der Waals surface area contributed by atoms with Gasteiger partial charge in [0.1, 0.15) is 34.6 Å². The summed E-state index contributed by atoms with van der Waals surface area (Å²) in [6, 6.07) is 15.6. The zero-order valence-corrected chi connectivity index (χ0v) is 17.7. The minimum Gasteiger partial charge on any atom is -0.459 e. The van der Waals surface area contributed by atoms with Gasteiger partial charge in [0.15, 0.2) is 11.6 Å². The summed E-state index contributed by atoms with van der Waals surface area (Å²) in [5, 5.41) is 18.2. The molecule has 0 spiro atoms. The summed E-state index contributed by atoms with van der Waals surface area (Å²) >= 11 is 0. The molecule has 0 N–H and O–H groups in total. The fraction of sp³-hybridized carbons (Fsp3) is 0.160. The molecule has 3 aromatic rings. The van der Waals surface area contributed by atoms with E-state index in [1.165, 1.54) is 24.3 Å². The molecule has 0 aliphatic carbocycles. The molecule has 8 heteroatoms. The Bertz CT molecular complexity index is 1300. The molecule has 0 heterocycles. The van der Waals surface area contributed by atoms with Crippen molar-refractivity contribution in [3.63, 3.8) is 0 Å². The van der Waals surface area contributed by atoms with E-state index in [1.807, 2.05) is 6.92 Å². The van der Waals surface area contributed by atoms with Gasteiger partial charge in [-0.15, -0.1) is 0 Å². The normalized spacial score (nSPS) is 11.2. The van der Waals surface area contributed by atoms with Crippen molar-refractivity contribution in [2.24, 2.45) is 0 Å². The van der Waals surface area contributed by atoms with Crippen molar-refractivity contribution in [2.75, 3.05) is 0 Å². The predicted molar refractivity (Wildman–Crippen MR) is 113 cm³/mol. The smallest absolute Gasteiger partial charge is 0.342 e. The molecule has 0 fully saturated rings. The summed E-state index contributed by atoms with van der Waals surface area (Å²) < 4.78 is 54.9. The maximum atomic E-state index is 15.0. The highest BCUT2D eigenvalue weighted by atomic mass is 19.2. The molecule has 0 amide bonds. The van der Waals surface area contributed by atoms with E-state index < -0.39 is 46.4 Å². The fourth-order valence-corrected chi connectivity index (χ4v) is 3.02. The van der Waals surface area contributed by atoms with E-state index in [-0.39, 0.29) is 16.9 Å². The van der Waals surface area contributed by atoms with Gasteiger partial charge in [0, 0.05) is 5.56 Å². The average Bonchev–Trinajstić information content (AvgIpc) is 2.84. The van der Waals surface area contributed by atoms with Crippen molar-refractivity contribution in [3.8, 4) is 34.8 Å². The standard InChI is InChI=1S/C25H17F3N2O3/c1-3-14(2)32-25(31)17-11-7-10-16(15-8-5-4-6-9-15)23(17)33-24-21(27)19(13-30)18(12-29)20(26)22(24)28/h4-11,14H,3H2,1-2H3. The molecule has 1 atom stereocenters. The number of esters is 1. The first kappa shape index (κ1) is 23.4. The van der Waals surface area contributed by atoms with Gasteiger partial charge in [-0.2, -0.15) is 14.9 Å². The number of benzene rings is 3. The van der Waals surface area contributed by atoms with Crippen LogP contribution >= 0.6 is 0 Å². The molecule has 1 unspecified atom stereocenters. The summed E-state index contributed by atoms with van der Waals surface area (Å²) in [5.41, 5.74) is -1.42. The van der Waals surface area contributed by atoms with E-state index in [9.17, 15) is 23.2 Å². The lowest BCUT2D eigenvalue weighted by atomic mass is 10.0. The lowest BCUT2D eigenvalue weighted by Gasteiger charge is -2.18. The first-order valence-electron chi connectivity index (χ1n) is 9.91. The largest absolute Gasteiger partial charge is 0.459 e. The highest BCUT2D eigenvalue weighted by molar-refractivity contribution is 5.96. The average molecular weight is 450 g/mol. The van der Waals surface area contributed by atoms with E-state index in [0.717, 1.165) is 0 Å². The van der Waals surface area contributed by atoms with Gasteiger partial charge in [-0.05, 0) is 25.0 Å². The number of hydrogen-bond acceptors (Lipinski definition) is 5. The molecule has 5 nitrogen and oxygen atoms in total. The Morgan fingerprint density at radius 2 is 1.55 bits per heavy atom. The summed E-state index contributed by atoms with van der Waals surface area (Å²) in [4.78, 5) is 12.8. The number of nitrogens with zero attached hydrogens (tertiary/aromatic N) is 2. The van der Waals surface area contributed by atoms with E-state index >= 15 is 0 Å². The molecule has 33 heavy (non-hydrogen) atoms. The first-order chi connectivity index (χ1) is 15.8. The van der Waals surface area contributed by atoms with Crippen LogP contribution in [-0.4, -0.2) is 12.1 Å². The zero-order valence-electron chi connectivity index (χ0n) is 17.7. The third-order valence-corrected chi connectivity index (χ3v) is 4.91. The van der Waals surface area contributed by atoms with Gasteiger partial charge in [-0.1, -0.05) is 49.4 Å². The number of carbonyl (C=O) groups is 1. The van der Waals surface area contributed by atoms with Gasteiger partial charge in [-0.25, -0.2) is 13.6 Å². The number of hydrogen-bond donors (Lipinski definition) is 0. The summed E-state index contributed by atoms with van der Waals surface area (Å²) in [6.45, 7) is 3.48. The minimum absolute atomic E-state index is 0.154. The van der Waals surface area contributed by atoms with Crippen LogP contribution in [0.4, 0.5) is 13.2 Å². The molecular formula is C25H17F3N2O3. The van der Waals surface area contributed by atoms with Crippen LogP contribution in [0.25, 0.3) is 11.1 Å². The Morgan fingerprint density at radius 1 is 0.909 bits per heavy atom. The van der Waals surface area contributed by atoms with Crippen molar-refractivity contribution < 1.29 is 27.4 Å². The highest BCUT2D eigenvalue weighted by Crippen LogP contribution is 2.40. The predicted octanol–water partition coefficient (Wildman–Crippen LogP) is 6.26. The number of nitriles is 2. The molecule has 0 saturated heterocycles. The summed E-state index contributed by atoms with van der Waals surface area (Å²) in [6.07, 6.45) is 0.0763. The second kappa shape index (κ2) is 9.88. The maximum Gasteiger partial charge on any atom is 0.342 e. The Balaban J connectivity index is 2.26. The summed E-state index contributed by atoms with van der Waals surface area (Å²) in [5.74, 6) is -7.44. The number of carbonyl (C=O) groups excluding carboxylic acids is 1. The van der Waals surface area contributed by atoms with Gasteiger partial charge < -0.3 is 9.47 Å². The Labute approximate surface area is 188 Å². The number of para-hydroxylation sites is 1. The lowest BCUT2D eigenvalue weighted by molar-refractivity contribution is 0.0331. The Morgan fingerprint density at radius 3 is 2.15 bits per heavy atom. The molecular weight excluding hydrogens is 433 g/mol. The van der Waals surface area contributed by atoms with Crippen LogP contribution in [0.1, 0.15) is 41.8 Å². The van der Waals surface area contributed by atoms with Gasteiger partial charge >= 0.3 is 5.97 Å². The van der Waals surface area contributed by atoms with Gasteiger partial charge in [0.25, 0.3) is 0 Å². The molecule has 3 aromatic carbocycles. The fourth-order valence-electron chi connectivity index (χ4n) is 3.02. The third-order valence-electron chi connectivity index (χ3n) is 4.91. The Kier molecular flexibility index (Phi) is 7.00. The molecule has 0 aromatic heterocycles. The molecule has 0 aliphatic rings. The highest BCUT2D eigenvalue weighted by Gasteiger charge is 2.29. The van der Waals surface area contributed by atoms with Crippen molar-refractivity contribution in [1.29, 1.82) is 10.5 Å². The van der Waals surface area contributed by atoms with Crippen LogP contribution in [0.15, 0.2) is 48.5 Å². The second-order valence-electron chi connectivity index (χ2n) is 7.02. The van der Waals surface area contributed by atoms with Crippen molar-refractivity contribution in [3.05, 3.63) is 82.7 Å². The second-order valence-corrected chi connectivity index (χ2v) is 7.02. The van der Waals surface area contributed by atoms with Gasteiger partial charge in [0.05, 0.1) is 6.10 Å². The first-order valence-corrected chi connectivity index (χ1v) is 9.91. The van der Waals surface area contributed by atoms with Crippen molar-refractivity contribution >= 4 is 5.97 Å². The monoisotopic (exact) mass is 450 g/mol. The van der Waals surface area contributed by atoms with E-state index in [4.69, 9.17) is 14.7 Å². The number of halogens is 3. The van der Waals surface area contributed by atoms with E-state index in [2.05, 4.69) is 0 Å². The van der Waals surface area contributed by atoms with Crippen molar-refractivity contribution in [2.45, 2.75) is 26.4 Å². The maximum absolute atomic E-state index is 15.0. The van der Waals surface area contributed by atoms with Crippen molar-refractivity contribution in [1.82, 2.24) is 0 Å². The molecule has 0 aliphatic heterocycles. The topological polar surface area (TPSA) is 83.1 Å². The Hall–Kier alpha value is -4.30. The zero-order chi connectivity index (χ0) is 24.1. The third kappa shape index (κ3) is 4.51. The minimum atomic E-state index is -1.80. The number of ether oxygens (including phenoxy) is 2. The van der Waals surface area contributed by atoms with Crippen LogP contribution < -0.4 is 4.74 Å². The van der Waals surface area contributed by atoms with Crippen LogP contribution in [0.2, 0.25) is 0 Å². The molecule has 0 saturated carbocycles. The molecule has 166 valence electrons. The van der Waals surface area contributed by atoms with Gasteiger partial charge in [-0.3, -0.25) is 0 Å².